The van der Waals surface area contributed by atoms with E-state index in [1.54, 1.807) is 0 Å². The lowest BCUT2D eigenvalue weighted by molar-refractivity contribution is -0.137. The van der Waals surface area contributed by atoms with Gasteiger partial charge in [0.1, 0.15) is 5.69 Å². The van der Waals surface area contributed by atoms with Crippen molar-refractivity contribution in [3.8, 4) is 0 Å². The molecular weight excluding hydrogens is 261 g/mol. The Morgan fingerprint density at radius 2 is 2.16 bits per heavy atom. The largest absolute Gasteiger partial charge is 0.417 e. The second kappa shape index (κ2) is 6.51. The number of nitrogens with one attached hydrogen (secondary N) is 1. The first kappa shape index (κ1) is 15.4. The lowest BCUT2D eigenvalue weighted by Gasteiger charge is -2.11. The summed E-state index contributed by atoms with van der Waals surface area (Å²) in [5.41, 5.74) is -1.02. The van der Waals surface area contributed by atoms with Crippen molar-refractivity contribution >= 4 is 5.91 Å². The Morgan fingerprint density at radius 1 is 1.47 bits per heavy atom. The lowest BCUT2D eigenvalue weighted by Crippen LogP contribution is -2.32. The van der Waals surface area contributed by atoms with Gasteiger partial charge in [0.2, 0.25) is 0 Å². The minimum absolute atomic E-state index is 0.0510. The number of hydrogen-bond acceptors (Lipinski definition) is 3. The topological polar surface area (TPSA) is 62.2 Å². The standard InChI is InChI=1S/C12H15F3N2O2/c1-2-3-9(18)7-17-11(19)10-5-4-8(6-16-10)12(13,14)15/h4-6,9,18H,2-3,7H2,1H3,(H,17,19). The van der Waals surface area contributed by atoms with Crippen molar-refractivity contribution < 1.29 is 23.1 Å². The number of halogens is 3. The van der Waals surface area contributed by atoms with Crippen molar-refractivity contribution in [2.45, 2.75) is 32.0 Å². The summed E-state index contributed by atoms with van der Waals surface area (Å²) in [6, 6.07) is 1.80. The van der Waals surface area contributed by atoms with Gasteiger partial charge in [-0.2, -0.15) is 13.2 Å². The van der Waals surface area contributed by atoms with E-state index in [0.29, 0.717) is 12.6 Å². The van der Waals surface area contributed by atoms with Crippen LogP contribution in [-0.4, -0.2) is 28.6 Å². The molecule has 0 bridgehead atoms. The minimum Gasteiger partial charge on any atom is -0.391 e. The monoisotopic (exact) mass is 276 g/mol. The van der Waals surface area contributed by atoms with Crippen LogP contribution in [0, 0.1) is 0 Å². The number of aromatic nitrogens is 1. The summed E-state index contributed by atoms with van der Waals surface area (Å²) < 4.78 is 36.9. The van der Waals surface area contributed by atoms with Gasteiger partial charge in [-0.1, -0.05) is 13.3 Å². The molecule has 0 saturated carbocycles. The quantitative estimate of drug-likeness (QED) is 0.864. The van der Waals surface area contributed by atoms with E-state index in [9.17, 15) is 23.1 Å². The number of alkyl halides is 3. The summed E-state index contributed by atoms with van der Waals surface area (Å²) in [6.45, 7) is 1.94. The fourth-order valence-corrected chi connectivity index (χ4v) is 1.43. The minimum atomic E-state index is -4.47. The fourth-order valence-electron chi connectivity index (χ4n) is 1.43. The van der Waals surface area contributed by atoms with Gasteiger partial charge in [0.15, 0.2) is 0 Å². The average Bonchev–Trinajstić information content (AvgIpc) is 2.35. The molecule has 0 spiro atoms. The summed E-state index contributed by atoms with van der Waals surface area (Å²) >= 11 is 0. The zero-order valence-corrected chi connectivity index (χ0v) is 10.4. The maximum absolute atomic E-state index is 12.3. The van der Waals surface area contributed by atoms with E-state index in [1.807, 2.05) is 6.92 Å². The van der Waals surface area contributed by atoms with Crippen LogP contribution in [0.15, 0.2) is 18.3 Å². The molecule has 106 valence electrons. The lowest BCUT2D eigenvalue weighted by atomic mass is 10.2. The van der Waals surface area contributed by atoms with E-state index in [0.717, 1.165) is 18.6 Å². The Bertz CT molecular complexity index is 418. The summed E-state index contributed by atoms with van der Waals surface area (Å²) in [4.78, 5) is 15.0. The number of nitrogens with zero attached hydrogens (tertiary/aromatic N) is 1. The molecule has 1 aromatic heterocycles. The van der Waals surface area contributed by atoms with Crippen molar-refractivity contribution in [3.63, 3.8) is 0 Å². The van der Waals surface area contributed by atoms with Crippen LogP contribution in [-0.2, 0) is 6.18 Å². The molecular formula is C12H15F3N2O2. The molecule has 0 aromatic carbocycles. The van der Waals surface area contributed by atoms with Crippen molar-refractivity contribution in [3.05, 3.63) is 29.6 Å². The van der Waals surface area contributed by atoms with E-state index in [-0.39, 0.29) is 12.2 Å². The van der Waals surface area contributed by atoms with Crippen LogP contribution in [0.2, 0.25) is 0 Å². The molecule has 1 heterocycles. The van der Waals surface area contributed by atoms with E-state index in [4.69, 9.17) is 0 Å². The van der Waals surface area contributed by atoms with Gasteiger partial charge in [0.25, 0.3) is 5.91 Å². The fraction of sp³-hybridized carbons (Fsp3) is 0.500. The third-order valence-corrected chi connectivity index (χ3v) is 2.44. The van der Waals surface area contributed by atoms with E-state index in [1.165, 1.54) is 0 Å². The Labute approximate surface area is 108 Å². The molecule has 1 aromatic rings. The predicted molar refractivity (Wildman–Crippen MR) is 62.5 cm³/mol. The van der Waals surface area contributed by atoms with Gasteiger partial charge in [-0.15, -0.1) is 0 Å². The van der Waals surface area contributed by atoms with Crippen molar-refractivity contribution in [2.75, 3.05) is 6.54 Å². The Hall–Kier alpha value is -1.63. The third kappa shape index (κ3) is 4.86. The van der Waals surface area contributed by atoms with Gasteiger partial charge in [0, 0.05) is 12.7 Å². The van der Waals surface area contributed by atoms with E-state index >= 15 is 0 Å². The van der Waals surface area contributed by atoms with Gasteiger partial charge >= 0.3 is 6.18 Å². The summed E-state index contributed by atoms with van der Waals surface area (Å²) in [5.74, 6) is -0.608. The van der Waals surface area contributed by atoms with Crippen LogP contribution < -0.4 is 5.32 Å². The number of carbonyl (C=O) groups excluding carboxylic acids is 1. The van der Waals surface area contributed by atoms with Crippen LogP contribution in [0.1, 0.15) is 35.8 Å². The zero-order chi connectivity index (χ0) is 14.5. The van der Waals surface area contributed by atoms with Gasteiger partial charge < -0.3 is 10.4 Å². The second-order valence-corrected chi connectivity index (χ2v) is 4.08. The van der Waals surface area contributed by atoms with Crippen LogP contribution in [0.25, 0.3) is 0 Å². The number of hydrogen-bond donors (Lipinski definition) is 2. The van der Waals surface area contributed by atoms with Crippen LogP contribution in [0.3, 0.4) is 0 Å². The first-order valence-electron chi connectivity index (χ1n) is 5.84. The smallest absolute Gasteiger partial charge is 0.391 e. The highest BCUT2D eigenvalue weighted by Crippen LogP contribution is 2.28. The predicted octanol–water partition coefficient (Wildman–Crippen LogP) is 1.99. The van der Waals surface area contributed by atoms with E-state index in [2.05, 4.69) is 10.3 Å². The normalized spacial score (nSPS) is 13.1. The molecule has 1 unspecified atom stereocenters. The highest BCUT2D eigenvalue weighted by atomic mass is 19.4. The average molecular weight is 276 g/mol. The number of carbonyl (C=O) groups is 1. The molecule has 1 amide bonds. The number of rotatable bonds is 5. The Kier molecular flexibility index (Phi) is 5.29. The molecule has 7 heteroatoms. The molecule has 0 radical (unpaired) electrons. The number of aliphatic hydroxyl groups is 1. The maximum atomic E-state index is 12.3. The Morgan fingerprint density at radius 3 is 2.63 bits per heavy atom. The van der Waals surface area contributed by atoms with Crippen LogP contribution in [0.5, 0.6) is 0 Å². The number of amides is 1. The van der Waals surface area contributed by atoms with Gasteiger partial charge in [-0.25, -0.2) is 0 Å². The molecule has 0 aliphatic heterocycles. The summed E-state index contributed by atoms with van der Waals surface area (Å²) in [6.07, 6.45) is -3.21. The maximum Gasteiger partial charge on any atom is 0.417 e. The Balaban J connectivity index is 2.59. The van der Waals surface area contributed by atoms with Crippen LogP contribution >= 0.6 is 0 Å². The zero-order valence-electron chi connectivity index (χ0n) is 10.4. The van der Waals surface area contributed by atoms with Gasteiger partial charge in [-0.05, 0) is 18.6 Å². The molecule has 2 N–H and O–H groups in total. The summed E-state index contributed by atoms with van der Waals surface area (Å²) in [7, 11) is 0. The van der Waals surface area contributed by atoms with Crippen molar-refractivity contribution in [1.29, 1.82) is 0 Å². The first-order valence-corrected chi connectivity index (χ1v) is 5.84. The highest BCUT2D eigenvalue weighted by molar-refractivity contribution is 5.92. The molecule has 0 fully saturated rings. The number of aliphatic hydroxyl groups excluding tert-OH is 1. The second-order valence-electron chi connectivity index (χ2n) is 4.08. The number of pyridine rings is 1. The molecule has 19 heavy (non-hydrogen) atoms. The molecule has 1 rings (SSSR count). The molecule has 0 aliphatic carbocycles. The SMILES string of the molecule is CCCC(O)CNC(=O)c1ccc(C(F)(F)F)cn1. The molecule has 0 saturated heterocycles. The van der Waals surface area contributed by atoms with Gasteiger partial charge in [-0.3, -0.25) is 9.78 Å². The third-order valence-electron chi connectivity index (χ3n) is 2.44. The van der Waals surface area contributed by atoms with Crippen molar-refractivity contribution in [1.82, 2.24) is 10.3 Å². The molecule has 1 atom stereocenters. The van der Waals surface area contributed by atoms with Gasteiger partial charge in [0.05, 0.1) is 11.7 Å². The highest BCUT2D eigenvalue weighted by Gasteiger charge is 2.30. The molecule has 0 aliphatic rings. The molecule has 4 nitrogen and oxygen atoms in total. The van der Waals surface area contributed by atoms with Crippen LogP contribution in [0.4, 0.5) is 13.2 Å². The van der Waals surface area contributed by atoms with E-state index < -0.39 is 23.8 Å². The first-order chi connectivity index (χ1) is 8.84. The van der Waals surface area contributed by atoms with Crippen molar-refractivity contribution in [2.24, 2.45) is 0 Å². The summed E-state index contributed by atoms with van der Waals surface area (Å²) in [5, 5.41) is 11.8.